The maximum Gasteiger partial charge on any atom is 0.257 e. The first-order valence-electron chi connectivity index (χ1n) is 11.5. The summed E-state index contributed by atoms with van der Waals surface area (Å²) in [5, 5.41) is 13.8. The minimum atomic E-state index is 0.00267. The highest BCUT2D eigenvalue weighted by molar-refractivity contribution is 5.94. The molecule has 1 aliphatic heterocycles. The lowest BCUT2D eigenvalue weighted by Crippen LogP contribution is -2.65. The average molecular weight is 446 g/mol. The summed E-state index contributed by atoms with van der Waals surface area (Å²) >= 11 is 0. The standard InChI is InChI=1S/C24H27N7O2/c1-15-2-3-16-5-19(6-17(16)4-15)28-23-25-9-18(10-26-23)22(32)31-13-24(14-31)7-21(8-24)33-12-20-11-27-30-29-20/h2-4,9-11,19,21H,5-8,12-14H2,1H3,(H,25,26,28)(H,27,29,30). The van der Waals surface area contributed by atoms with E-state index in [0.717, 1.165) is 44.5 Å². The largest absolute Gasteiger partial charge is 0.372 e. The van der Waals surface area contributed by atoms with Crippen LogP contribution in [-0.4, -0.2) is 61.4 Å². The van der Waals surface area contributed by atoms with Crippen molar-refractivity contribution in [3.8, 4) is 0 Å². The van der Waals surface area contributed by atoms with Gasteiger partial charge in [-0.3, -0.25) is 4.79 Å². The number of aryl methyl sites for hydroxylation is 1. The van der Waals surface area contributed by atoms with Gasteiger partial charge in [-0.1, -0.05) is 23.8 Å². The van der Waals surface area contributed by atoms with Crippen molar-refractivity contribution in [2.45, 2.75) is 51.4 Å². The minimum absolute atomic E-state index is 0.00267. The summed E-state index contributed by atoms with van der Waals surface area (Å²) in [6, 6.07) is 6.92. The van der Waals surface area contributed by atoms with Gasteiger partial charge in [-0.15, -0.1) is 0 Å². The van der Waals surface area contributed by atoms with Gasteiger partial charge in [-0.2, -0.15) is 15.4 Å². The summed E-state index contributed by atoms with van der Waals surface area (Å²) in [6.07, 6.45) is 9.10. The molecule has 1 saturated carbocycles. The number of likely N-dealkylation sites (tertiary alicyclic amines) is 1. The second kappa shape index (κ2) is 7.91. The van der Waals surface area contributed by atoms with Gasteiger partial charge in [0, 0.05) is 36.9 Å². The van der Waals surface area contributed by atoms with Gasteiger partial charge in [0.25, 0.3) is 5.91 Å². The van der Waals surface area contributed by atoms with Crippen LogP contribution < -0.4 is 5.32 Å². The molecule has 3 heterocycles. The van der Waals surface area contributed by atoms with Gasteiger partial charge >= 0.3 is 0 Å². The number of rotatable bonds is 6. The van der Waals surface area contributed by atoms with E-state index in [9.17, 15) is 4.79 Å². The number of H-pyrrole nitrogens is 1. The van der Waals surface area contributed by atoms with E-state index in [4.69, 9.17) is 4.74 Å². The molecule has 1 atom stereocenters. The van der Waals surface area contributed by atoms with Crippen molar-refractivity contribution in [2.24, 2.45) is 5.41 Å². The van der Waals surface area contributed by atoms with Crippen LogP contribution in [-0.2, 0) is 24.2 Å². The molecular formula is C24H27N7O2. The molecule has 1 amide bonds. The fourth-order valence-electron chi connectivity index (χ4n) is 5.41. The first-order chi connectivity index (χ1) is 16.1. The third kappa shape index (κ3) is 3.97. The van der Waals surface area contributed by atoms with E-state index in [1.807, 2.05) is 4.90 Å². The number of carbonyl (C=O) groups is 1. The predicted molar refractivity (Wildman–Crippen MR) is 121 cm³/mol. The Balaban J connectivity index is 0.973. The first-order valence-corrected chi connectivity index (χ1v) is 11.5. The molecule has 0 bridgehead atoms. The Bertz CT molecular complexity index is 1150. The van der Waals surface area contributed by atoms with Crippen molar-refractivity contribution < 1.29 is 9.53 Å². The van der Waals surface area contributed by atoms with Gasteiger partial charge < -0.3 is 15.0 Å². The van der Waals surface area contributed by atoms with E-state index in [0.29, 0.717) is 18.1 Å². The molecule has 2 fully saturated rings. The molecule has 1 spiro atoms. The van der Waals surface area contributed by atoms with Crippen molar-refractivity contribution in [1.29, 1.82) is 0 Å². The number of aromatic amines is 1. The Labute approximate surface area is 192 Å². The lowest BCUT2D eigenvalue weighted by molar-refractivity contribution is -0.143. The quantitative estimate of drug-likeness (QED) is 0.599. The van der Waals surface area contributed by atoms with Crippen molar-refractivity contribution in [3.05, 3.63) is 64.7 Å². The normalized spacial score (nSPS) is 20.9. The summed E-state index contributed by atoms with van der Waals surface area (Å²) in [7, 11) is 0. The molecule has 6 rings (SSSR count). The molecule has 1 aromatic carbocycles. The van der Waals surface area contributed by atoms with E-state index in [2.05, 4.69) is 55.8 Å². The minimum Gasteiger partial charge on any atom is -0.372 e. The van der Waals surface area contributed by atoms with Crippen LogP contribution >= 0.6 is 0 Å². The Morgan fingerprint density at radius 2 is 1.97 bits per heavy atom. The van der Waals surface area contributed by atoms with Crippen molar-refractivity contribution in [3.63, 3.8) is 0 Å². The van der Waals surface area contributed by atoms with Gasteiger partial charge in [-0.25, -0.2) is 9.97 Å². The number of hydrogen-bond donors (Lipinski definition) is 2. The Morgan fingerprint density at radius 3 is 2.73 bits per heavy atom. The predicted octanol–water partition coefficient (Wildman–Crippen LogP) is 2.30. The highest BCUT2D eigenvalue weighted by Crippen LogP contribution is 2.50. The molecule has 33 heavy (non-hydrogen) atoms. The highest BCUT2D eigenvalue weighted by Gasteiger charge is 2.54. The monoisotopic (exact) mass is 445 g/mol. The molecule has 2 N–H and O–H groups in total. The summed E-state index contributed by atoms with van der Waals surface area (Å²) in [5.74, 6) is 0.579. The van der Waals surface area contributed by atoms with E-state index < -0.39 is 0 Å². The van der Waals surface area contributed by atoms with Gasteiger partial charge in [0.05, 0.1) is 24.5 Å². The summed E-state index contributed by atoms with van der Waals surface area (Å²) in [6.45, 7) is 4.15. The average Bonchev–Trinajstić information content (AvgIpc) is 3.41. The van der Waals surface area contributed by atoms with Crippen LogP contribution in [0.15, 0.2) is 36.8 Å². The van der Waals surface area contributed by atoms with Crippen LogP contribution in [0.2, 0.25) is 0 Å². The third-order valence-electron chi connectivity index (χ3n) is 7.12. The molecule has 1 saturated heterocycles. The van der Waals surface area contributed by atoms with Crippen LogP contribution in [0.1, 0.15) is 45.6 Å². The molecule has 3 aliphatic rings. The van der Waals surface area contributed by atoms with Crippen molar-refractivity contribution >= 4 is 11.9 Å². The lowest BCUT2D eigenvalue weighted by atomic mass is 9.61. The van der Waals surface area contributed by atoms with Crippen LogP contribution in [0.5, 0.6) is 0 Å². The number of nitrogens with zero attached hydrogens (tertiary/aromatic N) is 5. The second-order valence-corrected chi connectivity index (χ2v) is 9.78. The lowest BCUT2D eigenvalue weighted by Gasteiger charge is -2.58. The number of anilines is 1. The number of benzene rings is 1. The molecule has 9 heteroatoms. The highest BCUT2D eigenvalue weighted by atomic mass is 16.5. The van der Waals surface area contributed by atoms with Crippen LogP contribution in [0.4, 0.5) is 5.95 Å². The molecule has 1 unspecified atom stereocenters. The second-order valence-electron chi connectivity index (χ2n) is 9.78. The molecule has 3 aromatic rings. The molecule has 9 nitrogen and oxygen atoms in total. The first kappa shape index (κ1) is 20.3. The fourth-order valence-corrected chi connectivity index (χ4v) is 5.41. The summed E-state index contributed by atoms with van der Waals surface area (Å²) in [4.78, 5) is 23.5. The number of fused-ring (bicyclic) bond motifs is 1. The van der Waals surface area contributed by atoms with E-state index >= 15 is 0 Å². The number of aromatic nitrogens is 5. The Hall–Kier alpha value is -3.33. The molecule has 2 aromatic heterocycles. The van der Waals surface area contributed by atoms with Crippen molar-refractivity contribution in [1.82, 2.24) is 30.3 Å². The molecule has 0 radical (unpaired) electrons. The summed E-state index contributed by atoms with van der Waals surface area (Å²) < 4.78 is 5.88. The maximum atomic E-state index is 12.8. The van der Waals surface area contributed by atoms with Gasteiger partial charge in [0.15, 0.2) is 0 Å². The van der Waals surface area contributed by atoms with E-state index in [1.165, 1.54) is 16.7 Å². The van der Waals surface area contributed by atoms with Crippen LogP contribution in [0.25, 0.3) is 0 Å². The van der Waals surface area contributed by atoms with Crippen LogP contribution in [0, 0.1) is 12.3 Å². The van der Waals surface area contributed by atoms with Gasteiger partial charge in [-0.05, 0) is 43.7 Å². The zero-order valence-corrected chi connectivity index (χ0v) is 18.6. The SMILES string of the molecule is Cc1ccc2c(c1)CC(Nc1ncc(C(=O)N3CC4(CC(OCc5cn[nH]n5)C4)C3)cn1)C2. The van der Waals surface area contributed by atoms with Gasteiger partial charge in [0.2, 0.25) is 5.95 Å². The van der Waals surface area contributed by atoms with E-state index in [1.54, 1.807) is 18.6 Å². The number of carbonyl (C=O) groups excluding carboxylic acids is 1. The van der Waals surface area contributed by atoms with Crippen molar-refractivity contribution in [2.75, 3.05) is 18.4 Å². The number of hydrogen-bond acceptors (Lipinski definition) is 7. The zero-order chi connectivity index (χ0) is 22.4. The Kier molecular flexibility index (Phi) is 4.86. The Morgan fingerprint density at radius 1 is 1.18 bits per heavy atom. The number of ether oxygens (including phenoxy) is 1. The number of nitrogens with one attached hydrogen (secondary N) is 2. The fraction of sp³-hybridized carbons (Fsp3) is 0.458. The topological polar surface area (TPSA) is 109 Å². The van der Waals surface area contributed by atoms with Gasteiger partial charge in [0.1, 0.15) is 5.69 Å². The number of amides is 1. The molecule has 2 aliphatic carbocycles. The molecular weight excluding hydrogens is 418 g/mol. The van der Waals surface area contributed by atoms with Crippen LogP contribution in [0.3, 0.4) is 0 Å². The maximum absolute atomic E-state index is 12.8. The summed E-state index contributed by atoms with van der Waals surface area (Å²) in [5.41, 5.74) is 5.64. The van der Waals surface area contributed by atoms with E-state index in [-0.39, 0.29) is 23.5 Å². The molecule has 170 valence electrons. The zero-order valence-electron chi connectivity index (χ0n) is 18.6. The smallest absolute Gasteiger partial charge is 0.257 e. The third-order valence-corrected chi connectivity index (χ3v) is 7.12.